The zero-order valence-corrected chi connectivity index (χ0v) is 16.0. The van der Waals surface area contributed by atoms with Gasteiger partial charge in [0.05, 0.1) is 21.6 Å². The lowest BCUT2D eigenvalue weighted by atomic mass is 9.64. The van der Waals surface area contributed by atoms with Crippen molar-refractivity contribution in [2.45, 2.75) is 37.1 Å². The molecule has 2 aromatic heterocycles. The maximum absolute atomic E-state index is 5.96. The molecule has 3 fully saturated rings. The van der Waals surface area contributed by atoms with Crippen molar-refractivity contribution in [1.82, 2.24) is 9.88 Å². The molecule has 0 radical (unpaired) electrons. The predicted octanol–water partition coefficient (Wildman–Crippen LogP) is 5.15. The van der Waals surface area contributed by atoms with E-state index in [1.54, 1.807) is 11.9 Å². The summed E-state index contributed by atoms with van der Waals surface area (Å²) in [6, 6.07) is 8.56. The van der Waals surface area contributed by atoms with Crippen LogP contribution in [0.1, 0.15) is 31.4 Å². The first-order valence-electron chi connectivity index (χ1n) is 8.61. The fourth-order valence-corrected chi connectivity index (χ4v) is 5.98. The lowest BCUT2D eigenvalue weighted by molar-refractivity contribution is 0.150. The molecule has 1 saturated carbocycles. The molecule has 1 aliphatic carbocycles. The molecule has 4 aliphatic rings. The summed E-state index contributed by atoms with van der Waals surface area (Å²) >= 11 is 9.09. The van der Waals surface area contributed by atoms with Crippen LogP contribution in [0.4, 0.5) is 0 Å². The SMILES string of the molecule is Clc1ccc(Oc2ccc(C34CCC(CC3)N3CCSN=C34)nc2)s1. The molecule has 2 saturated heterocycles. The summed E-state index contributed by atoms with van der Waals surface area (Å²) in [6.45, 7) is 1.12. The lowest BCUT2D eigenvalue weighted by Crippen LogP contribution is -2.61. The van der Waals surface area contributed by atoms with Crippen LogP contribution in [-0.2, 0) is 5.41 Å². The largest absolute Gasteiger partial charge is 0.445 e. The molecule has 0 amide bonds. The van der Waals surface area contributed by atoms with Gasteiger partial charge < -0.3 is 9.64 Å². The maximum Gasteiger partial charge on any atom is 0.182 e. The van der Waals surface area contributed by atoms with E-state index in [-0.39, 0.29) is 5.41 Å². The summed E-state index contributed by atoms with van der Waals surface area (Å²) in [5, 5.41) is 0.787. The number of thiophene rings is 1. The average molecular weight is 392 g/mol. The van der Waals surface area contributed by atoms with Crippen LogP contribution in [0, 0.1) is 0 Å². The number of amidine groups is 1. The Morgan fingerprint density at radius 3 is 2.80 bits per heavy atom. The van der Waals surface area contributed by atoms with Gasteiger partial charge in [0.1, 0.15) is 11.6 Å². The lowest BCUT2D eigenvalue weighted by Gasteiger charge is -2.55. The molecule has 0 aromatic carbocycles. The summed E-state index contributed by atoms with van der Waals surface area (Å²) in [4.78, 5) is 7.34. The van der Waals surface area contributed by atoms with Gasteiger partial charge in [-0.3, -0.25) is 4.98 Å². The highest BCUT2D eigenvalue weighted by molar-refractivity contribution is 7.98. The zero-order valence-electron chi connectivity index (χ0n) is 13.7. The number of aromatic nitrogens is 1. The van der Waals surface area contributed by atoms with E-state index in [9.17, 15) is 0 Å². The Hall–Kier alpha value is -1.24. The van der Waals surface area contributed by atoms with Crippen molar-refractivity contribution in [2.75, 3.05) is 12.3 Å². The molecule has 6 rings (SSSR count). The summed E-state index contributed by atoms with van der Waals surface area (Å²) in [7, 11) is 0. The van der Waals surface area contributed by atoms with E-state index in [0.717, 1.165) is 46.0 Å². The normalized spacial score (nSPS) is 27.8. The number of nitrogens with zero attached hydrogens (tertiary/aromatic N) is 3. The van der Waals surface area contributed by atoms with E-state index in [1.165, 1.54) is 30.0 Å². The number of halogens is 1. The average Bonchev–Trinajstić information content (AvgIpc) is 3.08. The molecule has 7 heteroatoms. The minimum atomic E-state index is -0.00700. The predicted molar refractivity (Wildman–Crippen MR) is 104 cm³/mol. The van der Waals surface area contributed by atoms with Gasteiger partial charge in [-0.25, -0.2) is 4.40 Å². The van der Waals surface area contributed by atoms with Gasteiger partial charge in [0, 0.05) is 18.3 Å². The van der Waals surface area contributed by atoms with Gasteiger partial charge >= 0.3 is 0 Å². The van der Waals surface area contributed by atoms with E-state index >= 15 is 0 Å². The molecule has 0 spiro atoms. The van der Waals surface area contributed by atoms with Crippen molar-refractivity contribution in [3.05, 3.63) is 40.5 Å². The number of hydrogen-bond donors (Lipinski definition) is 0. The van der Waals surface area contributed by atoms with Gasteiger partial charge in [0.15, 0.2) is 5.06 Å². The Bertz CT molecular complexity index is 812. The van der Waals surface area contributed by atoms with Crippen LogP contribution in [0.2, 0.25) is 4.34 Å². The fraction of sp³-hybridized carbons (Fsp3) is 0.444. The van der Waals surface area contributed by atoms with Gasteiger partial charge in [-0.2, -0.15) is 0 Å². The third-order valence-corrected chi connectivity index (χ3v) is 7.29. The van der Waals surface area contributed by atoms with Crippen LogP contribution in [0.25, 0.3) is 0 Å². The molecule has 2 bridgehead atoms. The molecule has 0 unspecified atom stereocenters. The highest BCUT2D eigenvalue weighted by Crippen LogP contribution is 2.49. The first-order chi connectivity index (χ1) is 12.2. The fourth-order valence-electron chi connectivity index (χ4n) is 4.32. The van der Waals surface area contributed by atoms with Crippen molar-refractivity contribution in [3.63, 3.8) is 0 Å². The van der Waals surface area contributed by atoms with E-state index in [1.807, 2.05) is 24.4 Å². The van der Waals surface area contributed by atoms with E-state index in [4.69, 9.17) is 25.7 Å². The monoisotopic (exact) mass is 391 g/mol. The highest BCUT2D eigenvalue weighted by Gasteiger charge is 2.52. The van der Waals surface area contributed by atoms with Crippen LogP contribution >= 0.6 is 34.9 Å². The number of rotatable bonds is 3. The number of fused-ring (bicyclic) bond motifs is 2. The summed E-state index contributed by atoms with van der Waals surface area (Å²) in [5.41, 5.74) is 1.13. The Kier molecular flexibility index (Phi) is 3.95. The Balaban J connectivity index is 1.45. The Labute approximate surface area is 160 Å². The molecule has 2 aromatic rings. The first-order valence-corrected chi connectivity index (χ1v) is 10.8. The van der Waals surface area contributed by atoms with Crippen molar-refractivity contribution in [1.29, 1.82) is 0 Å². The molecular weight excluding hydrogens is 374 g/mol. The Morgan fingerprint density at radius 2 is 2.08 bits per heavy atom. The van der Waals surface area contributed by atoms with Gasteiger partial charge in [0.2, 0.25) is 0 Å². The van der Waals surface area contributed by atoms with E-state index in [0.29, 0.717) is 6.04 Å². The molecule has 0 atom stereocenters. The van der Waals surface area contributed by atoms with Gasteiger partial charge in [-0.1, -0.05) is 22.9 Å². The van der Waals surface area contributed by atoms with Crippen LogP contribution < -0.4 is 4.74 Å². The topological polar surface area (TPSA) is 37.7 Å². The number of ether oxygens (including phenoxy) is 1. The van der Waals surface area contributed by atoms with Crippen molar-refractivity contribution < 1.29 is 4.74 Å². The molecule has 5 heterocycles. The van der Waals surface area contributed by atoms with Crippen molar-refractivity contribution >= 4 is 40.7 Å². The molecule has 4 nitrogen and oxygen atoms in total. The Morgan fingerprint density at radius 1 is 1.20 bits per heavy atom. The highest BCUT2D eigenvalue weighted by atomic mass is 35.5. The quantitative estimate of drug-likeness (QED) is 0.678. The molecule has 0 N–H and O–H groups in total. The summed E-state index contributed by atoms with van der Waals surface area (Å²) < 4.78 is 11.4. The number of pyridine rings is 1. The number of hydrogen-bond acceptors (Lipinski definition) is 6. The maximum atomic E-state index is 5.96. The third-order valence-electron chi connectivity index (χ3n) is 5.52. The summed E-state index contributed by atoms with van der Waals surface area (Å²) in [6.07, 6.45) is 6.64. The standard InChI is InChI=1S/C18H18ClN3OS2/c19-15-3-4-16(25-15)23-13-1-2-14(20-11-13)18-7-5-12(6-8-18)22-9-10-24-21-17(18)22/h1-4,11-12H,5-10H2. The first kappa shape index (κ1) is 16.0. The minimum Gasteiger partial charge on any atom is -0.445 e. The van der Waals surface area contributed by atoms with E-state index in [2.05, 4.69) is 11.0 Å². The minimum absolute atomic E-state index is 0.00700. The van der Waals surface area contributed by atoms with Crippen molar-refractivity contribution in [2.24, 2.45) is 4.40 Å². The summed E-state index contributed by atoms with van der Waals surface area (Å²) in [5.74, 6) is 3.11. The van der Waals surface area contributed by atoms with Crippen LogP contribution in [0.3, 0.4) is 0 Å². The van der Waals surface area contributed by atoms with Crippen molar-refractivity contribution in [3.8, 4) is 10.8 Å². The second-order valence-corrected chi connectivity index (χ2v) is 9.32. The smallest absolute Gasteiger partial charge is 0.182 e. The second kappa shape index (κ2) is 6.18. The molecular formula is C18H18ClN3OS2. The zero-order chi connectivity index (χ0) is 16.9. The van der Waals surface area contributed by atoms with Crippen LogP contribution in [0.5, 0.6) is 10.8 Å². The molecule has 3 aliphatic heterocycles. The second-order valence-electron chi connectivity index (χ2n) is 6.79. The van der Waals surface area contributed by atoms with Crippen LogP contribution in [0.15, 0.2) is 34.9 Å². The van der Waals surface area contributed by atoms with Crippen LogP contribution in [-0.4, -0.2) is 34.1 Å². The molecule has 130 valence electrons. The van der Waals surface area contributed by atoms with E-state index < -0.39 is 0 Å². The van der Waals surface area contributed by atoms with Gasteiger partial charge in [-0.05, 0) is 61.9 Å². The van der Waals surface area contributed by atoms with Gasteiger partial charge in [-0.15, -0.1) is 0 Å². The number of piperidine rings is 2. The van der Waals surface area contributed by atoms with Gasteiger partial charge in [0.25, 0.3) is 0 Å². The third kappa shape index (κ3) is 2.66. The molecule has 25 heavy (non-hydrogen) atoms.